The lowest BCUT2D eigenvalue weighted by atomic mass is 10.1. The molecular formula is C22H24N2O4S. The Morgan fingerprint density at radius 1 is 1.21 bits per heavy atom. The number of thioether (sulfide) groups is 1. The monoisotopic (exact) mass is 412 g/mol. The largest absolute Gasteiger partial charge is 0.457 e. The molecule has 1 aromatic heterocycles. The van der Waals surface area contributed by atoms with Gasteiger partial charge in [0.25, 0.3) is 0 Å². The zero-order valence-corrected chi connectivity index (χ0v) is 17.5. The fourth-order valence-corrected chi connectivity index (χ4v) is 4.79. The number of carbonyl (C=O) groups is 3. The summed E-state index contributed by atoms with van der Waals surface area (Å²) >= 11 is 1.50. The Morgan fingerprint density at radius 2 is 1.97 bits per heavy atom. The van der Waals surface area contributed by atoms with Gasteiger partial charge >= 0.3 is 5.97 Å². The van der Waals surface area contributed by atoms with E-state index in [0.29, 0.717) is 17.4 Å². The van der Waals surface area contributed by atoms with Crippen molar-refractivity contribution in [3.05, 3.63) is 47.3 Å². The molecule has 0 atom stereocenters. The number of ether oxygens (including phenoxy) is 1. The van der Waals surface area contributed by atoms with Crippen LogP contribution < -0.4 is 4.90 Å². The fraction of sp³-hybridized carbons (Fsp3) is 0.409. The molecule has 7 heteroatoms. The number of esters is 1. The second kappa shape index (κ2) is 8.06. The topological polar surface area (TPSA) is 68.6 Å². The van der Waals surface area contributed by atoms with Crippen LogP contribution in [0.1, 0.15) is 47.1 Å². The van der Waals surface area contributed by atoms with Crippen molar-refractivity contribution in [3.8, 4) is 0 Å². The van der Waals surface area contributed by atoms with E-state index >= 15 is 0 Å². The molecule has 6 nitrogen and oxygen atoms in total. The van der Waals surface area contributed by atoms with Crippen molar-refractivity contribution in [3.63, 3.8) is 0 Å². The zero-order chi connectivity index (χ0) is 20.5. The summed E-state index contributed by atoms with van der Waals surface area (Å²) in [5.41, 5.74) is 3.46. The van der Waals surface area contributed by atoms with Gasteiger partial charge in [-0.15, -0.1) is 11.8 Å². The Hall–Kier alpha value is -2.54. The molecule has 29 heavy (non-hydrogen) atoms. The van der Waals surface area contributed by atoms with E-state index < -0.39 is 5.97 Å². The van der Waals surface area contributed by atoms with Crippen LogP contribution in [-0.4, -0.2) is 41.1 Å². The molecule has 0 unspecified atom stereocenters. The van der Waals surface area contributed by atoms with E-state index in [9.17, 15) is 14.4 Å². The van der Waals surface area contributed by atoms with Crippen LogP contribution >= 0.6 is 11.8 Å². The van der Waals surface area contributed by atoms with Crippen molar-refractivity contribution in [2.45, 2.75) is 44.0 Å². The minimum Gasteiger partial charge on any atom is -0.457 e. The quantitative estimate of drug-likeness (QED) is 0.512. The third-order valence-corrected chi connectivity index (χ3v) is 6.46. The van der Waals surface area contributed by atoms with Gasteiger partial charge in [-0.25, -0.2) is 0 Å². The number of rotatable bonds is 7. The van der Waals surface area contributed by atoms with Crippen LogP contribution in [0.15, 0.2) is 35.2 Å². The maximum absolute atomic E-state index is 12.5. The maximum atomic E-state index is 12.5. The average Bonchev–Trinajstić information content (AvgIpc) is 3.49. The first kappa shape index (κ1) is 19.8. The number of anilines is 1. The Bertz CT molecular complexity index is 977. The van der Waals surface area contributed by atoms with Crippen molar-refractivity contribution in [2.24, 2.45) is 0 Å². The van der Waals surface area contributed by atoms with Gasteiger partial charge in [-0.1, -0.05) is 12.1 Å². The Kier molecular flexibility index (Phi) is 5.50. The number of Topliss-reactive ketones (excluding diaryl/α,β-unsaturated/α-hetero) is 1. The number of aromatic nitrogens is 1. The number of benzene rings is 1. The third-order valence-electron chi connectivity index (χ3n) is 5.41. The Balaban J connectivity index is 1.32. The molecule has 1 saturated carbocycles. The number of hydrogen-bond acceptors (Lipinski definition) is 5. The number of amides is 1. The molecule has 1 aliphatic heterocycles. The standard InChI is InChI=1S/C22H24N2O4S/c1-14-11-17(15(2)24(14)16-7-8-16)19(25)12-28-22(27)9-10-23-18-5-3-4-6-20(18)29-13-21(23)26/h3-6,11,16H,7-10,12-13H2,1-2H3. The molecule has 0 radical (unpaired) electrons. The molecule has 1 aromatic carbocycles. The molecule has 2 aliphatic rings. The number of nitrogens with zero attached hydrogens (tertiary/aromatic N) is 2. The van der Waals surface area contributed by atoms with Crippen LogP contribution in [-0.2, 0) is 14.3 Å². The van der Waals surface area contributed by atoms with E-state index in [4.69, 9.17) is 4.74 Å². The minimum absolute atomic E-state index is 0.0231. The first-order valence-electron chi connectivity index (χ1n) is 9.85. The van der Waals surface area contributed by atoms with Crippen LogP contribution in [0.3, 0.4) is 0 Å². The van der Waals surface area contributed by atoms with E-state index in [1.807, 2.05) is 44.2 Å². The highest BCUT2D eigenvalue weighted by molar-refractivity contribution is 8.00. The van der Waals surface area contributed by atoms with Gasteiger partial charge in [0.15, 0.2) is 6.61 Å². The molecular weight excluding hydrogens is 388 g/mol. The molecule has 0 N–H and O–H groups in total. The van der Waals surface area contributed by atoms with Crippen LogP contribution in [0.25, 0.3) is 0 Å². The first-order chi connectivity index (χ1) is 14.0. The maximum Gasteiger partial charge on any atom is 0.308 e. The SMILES string of the molecule is Cc1cc(C(=O)COC(=O)CCN2C(=O)CSc3ccccc32)c(C)n1C1CC1. The number of aryl methyl sites for hydroxylation is 1. The molecule has 1 amide bonds. The highest BCUT2D eigenvalue weighted by Crippen LogP contribution is 2.38. The smallest absolute Gasteiger partial charge is 0.308 e. The summed E-state index contributed by atoms with van der Waals surface area (Å²) in [7, 11) is 0. The number of hydrogen-bond donors (Lipinski definition) is 0. The van der Waals surface area contributed by atoms with Crippen molar-refractivity contribution in [1.29, 1.82) is 0 Å². The number of fused-ring (bicyclic) bond motifs is 1. The first-order valence-corrected chi connectivity index (χ1v) is 10.8. The lowest BCUT2D eigenvalue weighted by molar-refractivity contribution is -0.142. The third kappa shape index (κ3) is 4.10. The van der Waals surface area contributed by atoms with Crippen LogP contribution in [0.4, 0.5) is 5.69 Å². The minimum atomic E-state index is -0.474. The summed E-state index contributed by atoms with van der Waals surface area (Å²) in [4.78, 5) is 39.6. The molecule has 2 aromatic rings. The van der Waals surface area contributed by atoms with Crippen LogP contribution in [0, 0.1) is 13.8 Å². The Labute approximate surface area is 174 Å². The van der Waals surface area contributed by atoms with E-state index in [-0.39, 0.29) is 31.3 Å². The zero-order valence-electron chi connectivity index (χ0n) is 16.6. The summed E-state index contributed by atoms with van der Waals surface area (Å²) in [5, 5.41) is 0. The van der Waals surface area contributed by atoms with Gasteiger partial charge in [-0.05, 0) is 44.9 Å². The van der Waals surface area contributed by atoms with Gasteiger partial charge in [-0.3, -0.25) is 14.4 Å². The van der Waals surface area contributed by atoms with Gasteiger partial charge in [-0.2, -0.15) is 0 Å². The van der Waals surface area contributed by atoms with Crippen LogP contribution in [0.5, 0.6) is 0 Å². The van der Waals surface area contributed by atoms with Crippen LogP contribution in [0.2, 0.25) is 0 Å². The predicted molar refractivity (Wildman–Crippen MR) is 112 cm³/mol. The van der Waals surface area contributed by atoms with E-state index in [1.165, 1.54) is 11.8 Å². The molecule has 1 fully saturated rings. The summed E-state index contributed by atoms with van der Waals surface area (Å²) in [6, 6.07) is 10.0. The number of carbonyl (C=O) groups excluding carboxylic acids is 3. The molecule has 0 bridgehead atoms. The highest BCUT2D eigenvalue weighted by atomic mass is 32.2. The number of ketones is 1. The fourth-order valence-electron chi connectivity index (χ4n) is 3.85. The van der Waals surface area contributed by atoms with Gasteiger partial charge in [0.05, 0.1) is 17.9 Å². The van der Waals surface area contributed by atoms with Gasteiger partial charge in [0, 0.05) is 34.4 Å². The molecule has 4 rings (SSSR count). The summed E-state index contributed by atoms with van der Waals surface area (Å²) in [6.07, 6.45) is 2.35. The average molecular weight is 413 g/mol. The van der Waals surface area contributed by atoms with E-state index in [0.717, 1.165) is 34.8 Å². The predicted octanol–water partition coefficient (Wildman–Crippen LogP) is 3.69. The van der Waals surface area contributed by atoms with Gasteiger partial charge in [0.1, 0.15) is 0 Å². The molecule has 152 valence electrons. The molecule has 2 heterocycles. The van der Waals surface area contributed by atoms with E-state index in [2.05, 4.69) is 4.57 Å². The number of para-hydroxylation sites is 1. The molecule has 0 spiro atoms. The summed E-state index contributed by atoms with van der Waals surface area (Å²) in [6.45, 7) is 3.92. The second-order valence-corrected chi connectivity index (χ2v) is 8.54. The van der Waals surface area contributed by atoms with E-state index in [1.54, 1.807) is 4.90 Å². The lowest BCUT2D eigenvalue weighted by Crippen LogP contribution is -2.37. The van der Waals surface area contributed by atoms with Gasteiger partial charge < -0.3 is 14.2 Å². The lowest BCUT2D eigenvalue weighted by Gasteiger charge is -2.28. The second-order valence-electron chi connectivity index (χ2n) is 7.52. The highest BCUT2D eigenvalue weighted by Gasteiger charge is 2.29. The Morgan fingerprint density at radius 3 is 2.72 bits per heavy atom. The van der Waals surface area contributed by atoms with Gasteiger partial charge in [0.2, 0.25) is 11.7 Å². The normalized spacial score (nSPS) is 15.9. The van der Waals surface area contributed by atoms with Crippen molar-refractivity contribution in [1.82, 2.24) is 4.57 Å². The van der Waals surface area contributed by atoms with Crippen molar-refractivity contribution >= 4 is 35.1 Å². The molecule has 0 saturated heterocycles. The summed E-state index contributed by atoms with van der Waals surface area (Å²) in [5.74, 6) is -0.321. The molecule has 1 aliphatic carbocycles. The van der Waals surface area contributed by atoms with Crippen molar-refractivity contribution in [2.75, 3.05) is 23.8 Å². The summed E-state index contributed by atoms with van der Waals surface area (Å²) < 4.78 is 7.41. The van der Waals surface area contributed by atoms with Crippen molar-refractivity contribution < 1.29 is 19.1 Å².